The highest BCUT2D eigenvalue weighted by atomic mass is 32.2. The SMILES string of the molecule is C1=CC2C(C3=CC=CC4c5cc(-c6c7ccccc7c(-c7ccc8sc9ccccc9c8c7)c7ccccc67)ccc5SC34)=c3ccccc3=C(c3ccc4sc5ccccc5c4c3)C2C=C1. The van der Waals surface area contributed by atoms with E-state index >= 15 is 0 Å². The molecule has 4 atom stereocenters. The molecule has 67 heavy (non-hydrogen) atoms. The number of fused-ring (bicyclic) bond motifs is 13. The van der Waals surface area contributed by atoms with E-state index in [2.05, 4.69) is 230 Å². The Balaban J connectivity index is 0.870. The topological polar surface area (TPSA) is 0 Å². The maximum absolute atomic E-state index is 2.54. The summed E-state index contributed by atoms with van der Waals surface area (Å²) in [5.74, 6) is 0.738. The summed E-state index contributed by atoms with van der Waals surface area (Å²) in [6.45, 7) is 0. The molecule has 0 fully saturated rings. The van der Waals surface area contributed by atoms with E-state index in [1.807, 2.05) is 22.7 Å². The fourth-order valence-electron chi connectivity index (χ4n) is 12.2. The van der Waals surface area contributed by atoms with E-state index in [-0.39, 0.29) is 23.0 Å². The Kier molecular flexibility index (Phi) is 8.39. The van der Waals surface area contributed by atoms with Crippen LogP contribution in [-0.2, 0) is 0 Å². The summed E-state index contributed by atoms with van der Waals surface area (Å²) in [6, 6.07) is 66.8. The van der Waals surface area contributed by atoms with E-state index in [4.69, 9.17) is 0 Å². The molecule has 0 amide bonds. The third kappa shape index (κ3) is 5.66. The Morgan fingerprint density at radius 1 is 0.343 bits per heavy atom. The second-order valence-corrected chi connectivity index (χ2v) is 21.8. The molecule has 0 spiro atoms. The Hall–Kier alpha value is -7.01. The van der Waals surface area contributed by atoms with Gasteiger partial charge in [-0.1, -0.05) is 170 Å². The minimum absolute atomic E-state index is 0.235. The van der Waals surface area contributed by atoms with Gasteiger partial charge in [-0.2, -0.15) is 0 Å². The fourth-order valence-corrected chi connectivity index (χ4v) is 15.9. The first-order chi connectivity index (χ1) is 33.2. The molecule has 1 aliphatic heterocycles. The molecule has 4 unspecified atom stereocenters. The summed E-state index contributed by atoms with van der Waals surface area (Å²) in [5.41, 5.74) is 12.3. The monoisotopic (exact) mass is 904 g/mol. The molecule has 0 saturated heterocycles. The molecule has 0 saturated carbocycles. The average molecular weight is 905 g/mol. The number of hydrogen-bond donors (Lipinski definition) is 0. The first-order valence-electron chi connectivity index (χ1n) is 23.4. The predicted octanol–water partition coefficient (Wildman–Crippen LogP) is 16.5. The Bertz CT molecular complexity index is 4170. The minimum Gasteiger partial charge on any atom is -0.135 e. The van der Waals surface area contributed by atoms with Gasteiger partial charge in [0.1, 0.15) is 0 Å². The number of rotatable bonds is 4. The molecule has 4 aliphatic rings. The highest BCUT2D eigenvalue weighted by Crippen LogP contribution is 2.56. The highest BCUT2D eigenvalue weighted by molar-refractivity contribution is 8.00. The second-order valence-electron chi connectivity index (χ2n) is 18.5. The molecule has 314 valence electrons. The standard InChI is InChI=1S/C64H40S3/c1-3-18-44-42(16-1)60(37-28-31-57-52(34-37)40-14-9-11-26-55(40)65-57)43-17-2-4-19-45(43)61(44)39-30-33-59-54(36-39)50-24-13-25-51(64(50)67-59)63-48-22-7-5-20-46(48)62(47-21-6-8-23-49(47)63)38-29-32-58-53(35-38)41-15-10-12-27-56(41)66-58/h1-36,46,48,50,64H. The van der Waals surface area contributed by atoms with Gasteiger partial charge in [0.05, 0.1) is 0 Å². The Morgan fingerprint density at radius 3 is 1.43 bits per heavy atom. The highest BCUT2D eigenvalue weighted by Gasteiger charge is 2.41. The van der Waals surface area contributed by atoms with Crippen LogP contribution < -0.4 is 10.4 Å². The van der Waals surface area contributed by atoms with Gasteiger partial charge in [0.15, 0.2) is 0 Å². The van der Waals surface area contributed by atoms with E-state index < -0.39 is 0 Å². The van der Waals surface area contributed by atoms with Gasteiger partial charge in [-0.15, -0.1) is 34.4 Å². The molecule has 11 aromatic rings. The van der Waals surface area contributed by atoms with Gasteiger partial charge in [0.2, 0.25) is 0 Å². The van der Waals surface area contributed by atoms with Crippen molar-refractivity contribution in [3.8, 4) is 22.3 Å². The van der Waals surface area contributed by atoms with Gasteiger partial charge in [-0.05, 0) is 131 Å². The van der Waals surface area contributed by atoms with Crippen molar-refractivity contribution in [3.63, 3.8) is 0 Å². The van der Waals surface area contributed by atoms with Crippen LogP contribution in [0.25, 0.3) is 95.3 Å². The van der Waals surface area contributed by atoms with Crippen LogP contribution in [0.4, 0.5) is 0 Å². The summed E-state index contributed by atoms with van der Waals surface area (Å²) in [7, 11) is 0. The van der Waals surface area contributed by atoms with Gasteiger partial charge >= 0.3 is 0 Å². The third-order valence-corrected chi connectivity index (χ3v) is 18.8. The lowest BCUT2D eigenvalue weighted by molar-refractivity contribution is 0.677. The zero-order valence-corrected chi connectivity index (χ0v) is 38.8. The van der Waals surface area contributed by atoms with Crippen LogP contribution in [0.5, 0.6) is 0 Å². The van der Waals surface area contributed by atoms with Crippen molar-refractivity contribution in [1.82, 2.24) is 0 Å². The lowest BCUT2D eigenvalue weighted by Crippen LogP contribution is -2.41. The molecule has 9 aromatic carbocycles. The first kappa shape index (κ1) is 38.1. The van der Waals surface area contributed by atoms with Crippen molar-refractivity contribution in [2.75, 3.05) is 0 Å². The molecule has 3 heteroatoms. The normalized spacial score (nSPS) is 19.4. The number of benzene rings is 9. The van der Waals surface area contributed by atoms with Gasteiger partial charge in [-0.3, -0.25) is 0 Å². The smallest absolute Gasteiger partial charge is 0.0451 e. The Labute approximate surface area is 400 Å². The van der Waals surface area contributed by atoms with Gasteiger partial charge < -0.3 is 0 Å². The molecule has 0 N–H and O–H groups in total. The summed E-state index contributed by atoms with van der Waals surface area (Å²) in [6.07, 6.45) is 16.8. The van der Waals surface area contributed by atoms with Crippen molar-refractivity contribution < 1.29 is 0 Å². The maximum Gasteiger partial charge on any atom is 0.0451 e. The van der Waals surface area contributed by atoms with Crippen LogP contribution in [0.1, 0.15) is 17.0 Å². The number of thioether (sulfide) groups is 1. The molecule has 0 radical (unpaired) electrons. The van der Waals surface area contributed by atoms with Crippen molar-refractivity contribution in [1.29, 1.82) is 0 Å². The molecule has 2 aromatic heterocycles. The fraction of sp³-hybridized carbons (Fsp3) is 0.0625. The number of hydrogen-bond acceptors (Lipinski definition) is 3. The van der Waals surface area contributed by atoms with Crippen LogP contribution in [0.3, 0.4) is 0 Å². The largest absolute Gasteiger partial charge is 0.135 e. The quantitative estimate of drug-likeness (QED) is 0.159. The summed E-state index contributed by atoms with van der Waals surface area (Å²) < 4.78 is 5.37. The van der Waals surface area contributed by atoms with Gasteiger partial charge in [-0.25, -0.2) is 0 Å². The molecule has 0 nitrogen and oxygen atoms in total. The van der Waals surface area contributed by atoms with E-state index in [0.29, 0.717) is 0 Å². The summed E-state index contributed by atoms with van der Waals surface area (Å²) in [4.78, 5) is 1.39. The van der Waals surface area contributed by atoms with E-state index in [0.717, 1.165) is 0 Å². The summed E-state index contributed by atoms with van der Waals surface area (Å²) in [5, 5.41) is 13.6. The van der Waals surface area contributed by atoms with Crippen molar-refractivity contribution >= 4 is 107 Å². The van der Waals surface area contributed by atoms with Crippen LogP contribution in [0.15, 0.2) is 229 Å². The molecule has 3 aliphatic carbocycles. The van der Waals surface area contributed by atoms with Crippen LogP contribution in [0, 0.1) is 11.8 Å². The third-order valence-electron chi connectivity index (χ3n) is 15.0. The minimum atomic E-state index is 0.235. The molecule has 15 rings (SSSR count). The lowest BCUT2D eigenvalue weighted by atomic mass is 9.68. The summed E-state index contributed by atoms with van der Waals surface area (Å²) >= 11 is 5.84. The predicted molar refractivity (Wildman–Crippen MR) is 291 cm³/mol. The van der Waals surface area contributed by atoms with Crippen LogP contribution in [0.2, 0.25) is 0 Å². The van der Waals surface area contributed by atoms with Crippen LogP contribution >= 0.6 is 34.4 Å². The van der Waals surface area contributed by atoms with Gasteiger partial charge in [0.25, 0.3) is 0 Å². The molecular weight excluding hydrogens is 865 g/mol. The average Bonchev–Trinajstić information content (AvgIpc) is 4.08. The van der Waals surface area contributed by atoms with E-state index in [9.17, 15) is 0 Å². The number of allylic oxidation sites excluding steroid dienone is 7. The van der Waals surface area contributed by atoms with Crippen molar-refractivity contribution in [3.05, 3.63) is 246 Å². The zero-order valence-electron chi connectivity index (χ0n) is 36.3. The van der Waals surface area contributed by atoms with E-state index in [1.54, 1.807) is 0 Å². The molecule has 0 bridgehead atoms. The molecule has 3 heterocycles. The van der Waals surface area contributed by atoms with E-state index in [1.165, 1.54) is 127 Å². The van der Waals surface area contributed by atoms with Gasteiger partial charge in [0, 0.05) is 68.2 Å². The Morgan fingerprint density at radius 2 is 0.806 bits per heavy atom. The van der Waals surface area contributed by atoms with Crippen molar-refractivity contribution in [2.24, 2.45) is 11.8 Å². The maximum atomic E-state index is 2.54. The number of thiophene rings is 2. The molecular formula is C64H40S3. The van der Waals surface area contributed by atoms with Crippen LogP contribution in [-0.4, -0.2) is 5.25 Å². The second kappa shape index (κ2) is 14.7. The first-order valence-corrected chi connectivity index (χ1v) is 25.9. The van der Waals surface area contributed by atoms with Crippen molar-refractivity contribution in [2.45, 2.75) is 16.1 Å². The zero-order chi connectivity index (χ0) is 43.7. The lowest BCUT2D eigenvalue weighted by Gasteiger charge is -2.36.